The van der Waals surface area contributed by atoms with Gasteiger partial charge in [-0.3, -0.25) is 9.69 Å². The maximum absolute atomic E-state index is 11.4. The summed E-state index contributed by atoms with van der Waals surface area (Å²) in [5.74, 6) is 2.26. The van der Waals surface area contributed by atoms with Gasteiger partial charge in [0.05, 0.1) is 18.2 Å². The first-order chi connectivity index (χ1) is 6.46. The van der Waals surface area contributed by atoms with Crippen molar-refractivity contribution >= 4 is 5.91 Å². The molecule has 1 atom stereocenters. The van der Waals surface area contributed by atoms with Gasteiger partial charge in [-0.15, -0.1) is 6.42 Å². The van der Waals surface area contributed by atoms with E-state index in [2.05, 4.69) is 11.2 Å². The van der Waals surface area contributed by atoms with Crippen LogP contribution in [0.3, 0.4) is 0 Å². The molecule has 1 saturated heterocycles. The summed E-state index contributed by atoms with van der Waals surface area (Å²) >= 11 is 0. The van der Waals surface area contributed by atoms with Crippen molar-refractivity contribution in [2.24, 2.45) is 0 Å². The molecule has 4 heteroatoms. The molecule has 0 aromatic carbocycles. The van der Waals surface area contributed by atoms with E-state index >= 15 is 0 Å². The van der Waals surface area contributed by atoms with Gasteiger partial charge in [0.1, 0.15) is 0 Å². The standard InChI is InChI=1S/C10H16N2O2/c1-4-5-11-9(13)8(2)12-6-10(3,14)7-12/h1,8,14H,5-7H2,2-3H3,(H,11,13). The van der Waals surface area contributed by atoms with Gasteiger partial charge in [0.15, 0.2) is 0 Å². The highest BCUT2D eigenvalue weighted by Gasteiger charge is 2.40. The third-order valence-electron chi connectivity index (χ3n) is 2.38. The number of β-amino-alcohol motifs (C(OH)–C–C–N with tert-alkyl or cyclic N) is 1. The topological polar surface area (TPSA) is 52.6 Å². The van der Waals surface area contributed by atoms with Gasteiger partial charge in [-0.05, 0) is 13.8 Å². The van der Waals surface area contributed by atoms with Crippen molar-refractivity contribution in [2.45, 2.75) is 25.5 Å². The highest BCUT2D eigenvalue weighted by atomic mass is 16.3. The Morgan fingerprint density at radius 2 is 2.36 bits per heavy atom. The zero-order valence-corrected chi connectivity index (χ0v) is 8.58. The van der Waals surface area contributed by atoms with Gasteiger partial charge in [-0.1, -0.05) is 5.92 Å². The summed E-state index contributed by atoms with van der Waals surface area (Å²) in [7, 11) is 0. The van der Waals surface area contributed by atoms with E-state index in [-0.39, 0.29) is 18.5 Å². The largest absolute Gasteiger partial charge is 0.388 e. The highest BCUT2D eigenvalue weighted by molar-refractivity contribution is 5.81. The Morgan fingerprint density at radius 1 is 1.79 bits per heavy atom. The molecule has 0 spiro atoms. The highest BCUT2D eigenvalue weighted by Crippen LogP contribution is 2.21. The molecule has 1 unspecified atom stereocenters. The number of hydrogen-bond acceptors (Lipinski definition) is 3. The van der Waals surface area contributed by atoms with E-state index in [1.54, 1.807) is 13.8 Å². The number of nitrogens with zero attached hydrogens (tertiary/aromatic N) is 1. The molecule has 0 bridgehead atoms. The molecule has 0 aromatic heterocycles. The van der Waals surface area contributed by atoms with Gasteiger partial charge in [-0.2, -0.15) is 0 Å². The minimum Gasteiger partial charge on any atom is -0.388 e. The lowest BCUT2D eigenvalue weighted by atomic mass is 9.95. The van der Waals surface area contributed by atoms with E-state index in [1.165, 1.54) is 0 Å². The summed E-state index contributed by atoms with van der Waals surface area (Å²) in [5.41, 5.74) is -0.638. The summed E-state index contributed by atoms with van der Waals surface area (Å²) in [4.78, 5) is 13.3. The fourth-order valence-corrected chi connectivity index (χ4v) is 1.55. The third kappa shape index (κ3) is 2.47. The SMILES string of the molecule is C#CCNC(=O)C(C)N1CC(C)(O)C1. The van der Waals surface area contributed by atoms with E-state index in [9.17, 15) is 9.90 Å². The smallest absolute Gasteiger partial charge is 0.237 e. The molecular weight excluding hydrogens is 180 g/mol. The average Bonchev–Trinajstić information content (AvgIpc) is 2.08. The van der Waals surface area contributed by atoms with Gasteiger partial charge < -0.3 is 10.4 Å². The first kappa shape index (κ1) is 11.0. The average molecular weight is 196 g/mol. The number of carbonyl (C=O) groups excluding carboxylic acids is 1. The van der Waals surface area contributed by atoms with Gasteiger partial charge >= 0.3 is 0 Å². The summed E-state index contributed by atoms with van der Waals surface area (Å²) in [6.07, 6.45) is 5.02. The fraction of sp³-hybridized carbons (Fsp3) is 0.700. The van der Waals surface area contributed by atoms with Crippen molar-refractivity contribution in [3.63, 3.8) is 0 Å². The monoisotopic (exact) mass is 196 g/mol. The number of hydrogen-bond donors (Lipinski definition) is 2. The molecule has 0 aromatic rings. The van der Waals surface area contributed by atoms with E-state index < -0.39 is 5.60 Å². The molecule has 1 fully saturated rings. The van der Waals surface area contributed by atoms with Gasteiger partial charge in [0.25, 0.3) is 0 Å². The normalized spacial score (nSPS) is 21.9. The van der Waals surface area contributed by atoms with Crippen LogP contribution in [0.1, 0.15) is 13.8 Å². The molecule has 14 heavy (non-hydrogen) atoms. The second kappa shape index (κ2) is 3.99. The van der Waals surface area contributed by atoms with Crippen molar-refractivity contribution in [1.29, 1.82) is 0 Å². The molecular formula is C10H16N2O2. The van der Waals surface area contributed by atoms with Crippen LogP contribution in [-0.4, -0.2) is 47.2 Å². The summed E-state index contributed by atoms with van der Waals surface area (Å²) in [6, 6.07) is -0.219. The molecule has 2 N–H and O–H groups in total. The number of carbonyl (C=O) groups is 1. The number of likely N-dealkylation sites (tertiary alicyclic amines) is 1. The third-order valence-corrected chi connectivity index (χ3v) is 2.38. The van der Waals surface area contributed by atoms with Crippen LogP contribution in [0, 0.1) is 12.3 Å². The van der Waals surface area contributed by atoms with Gasteiger partial charge in [0, 0.05) is 13.1 Å². The lowest BCUT2D eigenvalue weighted by molar-refractivity contribution is -0.138. The number of aliphatic hydroxyl groups is 1. The molecule has 4 nitrogen and oxygen atoms in total. The Balaban J connectivity index is 2.33. The van der Waals surface area contributed by atoms with Crippen LogP contribution < -0.4 is 5.32 Å². The fourth-order valence-electron chi connectivity index (χ4n) is 1.55. The molecule has 1 heterocycles. The number of amides is 1. The van der Waals surface area contributed by atoms with Crippen molar-refractivity contribution < 1.29 is 9.90 Å². The number of nitrogens with one attached hydrogen (secondary N) is 1. The lowest BCUT2D eigenvalue weighted by Crippen LogP contribution is -2.64. The molecule has 1 aliphatic rings. The minimum atomic E-state index is -0.638. The Labute approximate surface area is 84.3 Å². The molecule has 0 aliphatic carbocycles. The Bertz CT molecular complexity index is 260. The van der Waals surface area contributed by atoms with Crippen molar-refractivity contribution in [3.8, 4) is 12.3 Å². The molecule has 1 amide bonds. The zero-order chi connectivity index (χ0) is 10.8. The zero-order valence-electron chi connectivity index (χ0n) is 8.58. The summed E-state index contributed by atoms with van der Waals surface area (Å²) in [6.45, 7) is 4.90. The predicted octanol–water partition coefficient (Wildman–Crippen LogP) is -0.809. The van der Waals surface area contributed by atoms with Crippen LogP contribution in [0.2, 0.25) is 0 Å². The van der Waals surface area contributed by atoms with E-state index in [0.29, 0.717) is 13.1 Å². The summed E-state index contributed by atoms with van der Waals surface area (Å²) < 4.78 is 0. The van der Waals surface area contributed by atoms with Crippen molar-refractivity contribution in [1.82, 2.24) is 10.2 Å². The molecule has 1 rings (SSSR count). The van der Waals surface area contributed by atoms with Crippen LogP contribution >= 0.6 is 0 Å². The van der Waals surface area contributed by atoms with Crippen LogP contribution in [0.5, 0.6) is 0 Å². The number of terminal acetylenes is 1. The molecule has 78 valence electrons. The Kier molecular flexibility index (Phi) is 3.14. The van der Waals surface area contributed by atoms with E-state index in [0.717, 1.165) is 0 Å². The minimum absolute atomic E-state index is 0.0848. The van der Waals surface area contributed by atoms with Crippen molar-refractivity contribution in [2.75, 3.05) is 19.6 Å². The van der Waals surface area contributed by atoms with Gasteiger partial charge in [0.2, 0.25) is 5.91 Å². The van der Waals surface area contributed by atoms with Crippen LogP contribution in [-0.2, 0) is 4.79 Å². The predicted molar refractivity (Wildman–Crippen MR) is 53.5 cm³/mol. The lowest BCUT2D eigenvalue weighted by Gasteiger charge is -2.46. The maximum Gasteiger partial charge on any atom is 0.237 e. The van der Waals surface area contributed by atoms with Crippen LogP contribution in [0.25, 0.3) is 0 Å². The molecule has 0 saturated carbocycles. The Hall–Kier alpha value is -1.05. The summed E-state index contributed by atoms with van der Waals surface area (Å²) in [5, 5.41) is 12.1. The second-order valence-corrected chi connectivity index (χ2v) is 4.00. The van der Waals surface area contributed by atoms with E-state index in [4.69, 9.17) is 6.42 Å². The maximum atomic E-state index is 11.4. The second-order valence-electron chi connectivity index (χ2n) is 4.00. The molecule has 1 aliphatic heterocycles. The first-order valence-corrected chi connectivity index (χ1v) is 4.64. The Morgan fingerprint density at radius 3 is 2.79 bits per heavy atom. The molecule has 0 radical (unpaired) electrons. The number of rotatable bonds is 3. The first-order valence-electron chi connectivity index (χ1n) is 4.64. The van der Waals surface area contributed by atoms with Crippen LogP contribution in [0.15, 0.2) is 0 Å². The van der Waals surface area contributed by atoms with Crippen LogP contribution in [0.4, 0.5) is 0 Å². The quantitative estimate of drug-likeness (QED) is 0.581. The van der Waals surface area contributed by atoms with E-state index in [1.807, 2.05) is 4.90 Å². The van der Waals surface area contributed by atoms with Gasteiger partial charge in [-0.25, -0.2) is 0 Å². The van der Waals surface area contributed by atoms with Crippen molar-refractivity contribution in [3.05, 3.63) is 0 Å².